The number of imidazole rings is 1. The molecule has 0 atom stereocenters. The van der Waals surface area contributed by atoms with Crippen molar-refractivity contribution in [3.63, 3.8) is 0 Å². The molecule has 0 saturated heterocycles. The highest BCUT2D eigenvalue weighted by atomic mass is 127. The number of aryl methyl sites for hydroxylation is 1. The summed E-state index contributed by atoms with van der Waals surface area (Å²) in [4.78, 5) is 8.58. The van der Waals surface area contributed by atoms with Gasteiger partial charge in [0.15, 0.2) is 5.96 Å². The zero-order valence-corrected chi connectivity index (χ0v) is 18.7. The summed E-state index contributed by atoms with van der Waals surface area (Å²) in [5.74, 6) is 2.65. The molecule has 0 amide bonds. The number of nitrogens with one attached hydrogen (secondary N) is 2. The number of aliphatic imine (C=N–C) groups is 1. The Morgan fingerprint density at radius 1 is 1.23 bits per heavy atom. The molecule has 1 aromatic heterocycles. The van der Waals surface area contributed by atoms with Crippen LogP contribution in [0.3, 0.4) is 0 Å². The molecule has 6 heteroatoms. The maximum Gasteiger partial charge on any atom is 0.191 e. The minimum Gasteiger partial charge on any atom is -0.356 e. The average Bonchev–Trinajstić information content (AvgIpc) is 2.99. The lowest BCUT2D eigenvalue weighted by Gasteiger charge is -2.13. The van der Waals surface area contributed by atoms with Crippen molar-refractivity contribution in [3.8, 4) is 0 Å². The number of benzene rings is 1. The third-order valence-electron chi connectivity index (χ3n) is 4.20. The second-order valence-corrected chi connectivity index (χ2v) is 6.81. The lowest BCUT2D eigenvalue weighted by atomic mass is 10.1. The summed E-state index contributed by atoms with van der Waals surface area (Å²) in [6.45, 7) is 9.11. The van der Waals surface area contributed by atoms with Gasteiger partial charge >= 0.3 is 0 Å². The summed E-state index contributed by atoms with van der Waals surface area (Å²) in [6, 6.07) is 8.64. The van der Waals surface area contributed by atoms with Crippen LogP contribution in [-0.4, -0.2) is 29.1 Å². The first-order valence-corrected chi connectivity index (χ1v) is 9.08. The van der Waals surface area contributed by atoms with E-state index in [0.29, 0.717) is 0 Å². The van der Waals surface area contributed by atoms with E-state index in [9.17, 15) is 0 Å². The smallest absolute Gasteiger partial charge is 0.191 e. The molecule has 5 nitrogen and oxygen atoms in total. The summed E-state index contributed by atoms with van der Waals surface area (Å²) in [7, 11) is 1.82. The molecule has 2 aromatic rings. The number of nitrogens with zero attached hydrogens (tertiary/aromatic N) is 3. The van der Waals surface area contributed by atoms with Gasteiger partial charge in [0.2, 0.25) is 0 Å². The molecular formula is C20H32IN5. The summed E-state index contributed by atoms with van der Waals surface area (Å²) in [6.07, 6.45) is 6.26. The Hall–Kier alpha value is -1.57. The van der Waals surface area contributed by atoms with Crippen LogP contribution in [0.4, 0.5) is 0 Å². The molecule has 0 aliphatic rings. The molecule has 0 bridgehead atoms. The van der Waals surface area contributed by atoms with E-state index >= 15 is 0 Å². The zero-order valence-electron chi connectivity index (χ0n) is 16.3. The molecule has 1 aromatic carbocycles. The Bertz CT molecular complexity index is 678. The monoisotopic (exact) mass is 469 g/mol. The molecule has 0 spiro atoms. The van der Waals surface area contributed by atoms with Crippen molar-refractivity contribution in [1.29, 1.82) is 0 Å². The minimum atomic E-state index is 0. The van der Waals surface area contributed by atoms with Gasteiger partial charge in [-0.25, -0.2) is 4.98 Å². The molecule has 0 radical (unpaired) electrons. The van der Waals surface area contributed by atoms with Gasteiger partial charge in [-0.2, -0.15) is 0 Å². The third-order valence-corrected chi connectivity index (χ3v) is 4.20. The van der Waals surface area contributed by atoms with Gasteiger partial charge < -0.3 is 15.2 Å². The summed E-state index contributed by atoms with van der Waals surface area (Å²) in [5, 5.41) is 6.77. The Morgan fingerprint density at radius 2 is 2.00 bits per heavy atom. The molecule has 0 aliphatic heterocycles. The summed E-state index contributed by atoms with van der Waals surface area (Å²) in [5.41, 5.74) is 2.53. The number of hydrogen-bond donors (Lipinski definition) is 2. The second kappa shape index (κ2) is 11.9. The van der Waals surface area contributed by atoms with Gasteiger partial charge in [0.05, 0.1) is 0 Å². The van der Waals surface area contributed by atoms with Crippen molar-refractivity contribution in [3.05, 3.63) is 53.6 Å². The van der Waals surface area contributed by atoms with Crippen LogP contribution in [0.5, 0.6) is 0 Å². The molecule has 2 rings (SSSR count). The standard InChI is InChI=1S/C20H31N5.HI/c1-16(2)7-6-10-23-20(21-4)24-14-18-8-5-9-19(13-18)15-25-12-11-22-17(25)3;/h5,8-9,11-13,16H,6-7,10,14-15H2,1-4H3,(H2,21,23,24);1H. The minimum absolute atomic E-state index is 0. The fourth-order valence-electron chi connectivity index (χ4n) is 2.73. The van der Waals surface area contributed by atoms with E-state index in [1.165, 1.54) is 17.5 Å². The Labute approximate surface area is 174 Å². The van der Waals surface area contributed by atoms with Crippen LogP contribution in [0, 0.1) is 12.8 Å². The fraction of sp³-hybridized carbons (Fsp3) is 0.500. The SMILES string of the molecule is CN=C(NCCCC(C)C)NCc1cccc(Cn2ccnc2C)c1.I. The lowest BCUT2D eigenvalue weighted by Crippen LogP contribution is -2.37. The zero-order chi connectivity index (χ0) is 18.1. The average molecular weight is 469 g/mol. The van der Waals surface area contributed by atoms with Crippen molar-refractivity contribution in [2.45, 2.75) is 46.7 Å². The number of guanidine groups is 1. The van der Waals surface area contributed by atoms with Crippen LogP contribution in [0.1, 0.15) is 43.6 Å². The van der Waals surface area contributed by atoms with Gasteiger partial charge in [0.25, 0.3) is 0 Å². The second-order valence-electron chi connectivity index (χ2n) is 6.81. The van der Waals surface area contributed by atoms with E-state index in [4.69, 9.17) is 0 Å². The number of halogens is 1. The van der Waals surface area contributed by atoms with Crippen LogP contribution in [0.25, 0.3) is 0 Å². The number of aromatic nitrogens is 2. The summed E-state index contributed by atoms with van der Waals surface area (Å²) < 4.78 is 2.15. The van der Waals surface area contributed by atoms with E-state index in [1.54, 1.807) is 0 Å². The molecule has 2 N–H and O–H groups in total. The maximum atomic E-state index is 4.30. The molecular weight excluding hydrogens is 437 g/mol. The van der Waals surface area contributed by atoms with Gasteiger partial charge in [-0.15, -0.1) is 24.0 Å². The van der Waals surface area contributed by atoms with E-state index in [2.05, 4.69) is 63.3 Å². The predicted octanol–water partition coefficient (Wildman–Crippen LogP) is 3.96. The van der Waals surface area contributed by atoms with Gasteiger partial charge in [0.1, 0.15) is 5.82 Å². The first-order valence-electron chi connectivity index (χ1n) is 9.08. The molecule has 0 saturated carbocycles. The van der Waals surface area contributed by atoms with Crippen molar-refractivity contribution >= 4 is 29.9 Å². The summed E-state index contributed by atoms with van der Waals surface area (Å²) >= 11 is 0. The highest BCUT2D eigenvalue weighted by molar-refractivity contribution is 14.0. The maximum absolute atomic E-state index is 4.30. The van der Waals surface area contributed by atoms with Gasteiger partial charge in [-0.1, -0.05) is 38.1 Å². The van der Waals surface area contributed by atoms with Crippen molar-refractivity contribution in [1.82, 2.24) is 20.2 Å². The number of rotatable bonds is 8. The molecule has 144 valence electrons. The third kappa shape index (κ3) is 7.76. The van der Waals surface area contributed by atoms with Crippen LogP contribution in [-0.2, 0) is 13.1 Å². The highest BCUT2D eigenvalue weighted by Crippen LogP contribution is 2.09. The van der Waals surface area contributed by atoms with E-state index in [-0.39, 0.29) is 24.0 Å². The highest BCUT2D eigenvalue weighted by Gasteiger charge is 2.02. The van der Waals surface area contributed by atoms with Gasteiger partial charge in [-0.3, -0.25) is 4.99 Å². The molecule has 26 heavy (non-hydrogen) atoms. The van der Waals surface area contributed by atoms with E-state index in [1.807, 2.05) is 26.4 Å². The van der Waals surface area contributed by atoms with Crippen molar-refractivity contribution in [2.24, 2.45) is 10.9 Å². The Kier molecular flexibility index (Phi) is 10.3. The Morgan fingerprint density at radius 3 is 2.65 bits per heavy atom. The van der Waals surface area contributed by atoms with Crippen LogP contribution in [0.15, 0.2) is 41.7 Å². The quantitative estimate of drug-likeness (QED) is 0.266. The van der Waals surface area contributed by atoms with Crippen molar-refractivity contribution < 1.29 is 0 Å². The van der Waals surface area contributed by atoms with Crippen LogP contribution < -0.4 is 10.6 Å². The first-order chi connectivity index (χ1) is 12.1. The number of hydrogen-bond acceptors (Lipinski definition) is 2. The molecule has 0 aliphatic carbocycles. The molecule has 0 unspecified atom stereocenters. The van der Waals surface area contributed by atoms with Gasteiger partial charge in [-0.05, 0) is 36.8 Å². The molecule has 0 fully saturated rings. The van der Waals surface area contributed by atoms with E-state index in [0.717, 1.165) is 43.8 Å². The molecule has 1 heterocycles. The predicted molar refractivity (Wildman–Crippen MR) is 120 cm³/mol. The van der Waals surface area contributed by atoms with Crippen LogP contribution >= 0.6 is 24.0 Å². The normalized spacial score (nSPS) is 11.3. The van der Waals surface area contributed by atoms with Gasteiger partial charge in [0, 0.05) is 39.1 Å². The van der Waals surface area contributed by atoms with Crippen molar-refractivity contribution in [2.75, 3.05) is 13.6 Å². The van der Waals surface area contributed by atoms with Crippen LogP contribution in [0.2, 0.25) is 0 Å². The first kappa shape index (κ1) is 22.5. The van der Waals surface area contributed by atoms with E-state index < -0.39 is 0 Å². The largest absolute Gasteiger partial charge is 0.356 e. The Balaban J connectivity index is 0.00000338. The lowest BCUT2D eigenvalue weighted by molar-refractivity contribution is 0.549. The topological polar surface area (TPSA) is 54.2 Å². The fourth-order valence-corrected chi connectivity index (χ4v) is 2.73.